The number of nitrogens with zero attached hydrogens (tertiary/aromatic N) is 2. The van der Waals surface area contributed by atoms with E-state index in [0.29, 0.717) is 6.42 Å². The standard InChI is InChI=1S/C14H16BrN3OS2.2ClH/c1-9-6-16-2-3-18(9)13(19)5-11-8-21-14(17-11)12-4-10(15)7-20-12;;/h4,7-9,16H,2-3,5-6H2,1H3;2*1H/t9-;;/m1../s1. The number of hydrogen-bond donors (Lipinski definition) is 1. The Bertz CT molecular complexity index is 650. The smallest absolute Gasteiger partial charge is 0.228 e. The van der Waals surface area contributed by atoms with Crippen LogP contribution >= 0.6 is 63.4 Å². The molecule has 1 fully saturated rings. The SMILES string of the molecule is C[C@@H]1CNCCN1C(=O)Cc1csc(-c2cc(Br)cs2)n1.Cl.Cl. The summed E-state index contributed by atoms with van der Waals surface area (Å²) in [5.74, 6) is 0.174. The molecule has 1 aliphatic heterocycles. The molecule has 2 aromatic heterocycles. The predicted molar refractivity (Wildman–Crippen MR) is 105 cm³/mol. The van der Waals surface area contributed by atoms with Crippen molar-refractivity contribution < 1.29 is 4.79 Å². The van der Waals surface area contributed by atoms with E-state index in [1.54, 1.807) is 22.7 Å². The molecule has 0 bridgehead atoms. The van der Waals surface area contributed by atoms with Crippen LogP contribution < -0.4 is 5.32 Å². The monoisotopic (exact) mass is 457 g/mol. The number of thiophene rings is 1. The Morgan fingerprint density at radius 1 is 1.43 bits per heavy atom. The summed E-state index contributed by atoms with van der Waals surface area (Å²) in [7, 11) is 0. The van der Waals surface area contributed by atoms with E-state index in [9.17, 15) is 4.79 Å². The van der Waals surface area contributed by atoms with Crippen LogP contribution in [0.4, 0.5) is 0 Å². The van der Waals surface area contributed by atoms with Gasteiger partial charge in [0.2, 0.25) is 5.91 Å². The number of carbonyl (C=O) groups is 1. The first-order valence-corrected chi connectivity index (χ1v) is 9.37. The van der Waals surface area contributed by atoms with Gasteiger partial charge in [0, 0.05) is 40.9 Å². The van der Waals surface area contributed by atoms with E-state index in [1.807, 2.05) is 15.7 Å². The lowest BCUT2D eigenvalue weighted by molar-refractivity contribution is -0.133. The molecule has 0 aliphatic carbocycles. The molecule has 0 aromatic carbocycles. The lowest BCUT2D eigenvalue weighted by Crippen LogP contribution is -2.52. The molecule has 1 atom stereocenters. The fourth-order valence-corrected chi connectivity index (χ4v) is 4.72. The van der Waals surface area contributed by atoms with Crippen molar-refractivity contribution in [2.75, 3.05) is 19.6 Å². The predicted octanol–water partition coefficient (Wildman–Crippen LogP) is 3.84. The maximum Gasteiger partial charge on any atom is 0.228 e. The van der Waals surface area contributed by atoms with Gasteiger partial charge in [0.15, 0.2) is 0 Å². The third-order valence-electron chi connectivity index (χ3n) is 3.48. The Morgan fingerprint density at radius 2 is 2.22 bits per heavy atom. The van der Waals surface area contributed by atoms with Crippen LogP contribution in [0.15, 0.2) is 21.3 Å². The van der Waals surface area contributed by atoms with Crippen molar-refractivity contribution in [3.8, 4) is 9.88 Å². The summed E-state index contributed by atoms with van der Waals surface area (Å²) in [5.41, 5.74) is 0.871. The Balaban J connectivity index is 0.00000132. The minimum absolute atomic E-state index is 0. The van der Waals surface area contributed by atoms with Gasteiger partial charge in [-0.2, -0.15) is 0 Å². The van der Waals surface area contributed by atoms with E-state index in [2.05, 4.69) is 39.2 Å². The second-order valence-electron chi connectivity index (χ2n) is 5.09. The van der Waals surface area contributed by atoms with Crippen molar-refractivity contribution in [1.29, 1.82) is 0 Å². The first-order valence-electron chi connectivity index (χ1n) is 6.82. The molecule has 128 valence electrons. The topological polar surface area (TPSA) is 45.2 Å². The number of nitrogens with one attached hydrogen (secondary N) is 1. The van der Waals surface area contributed by atoms with E-state index in [-0.39, 0.29) is 36.8 Å². The molecular weight excluding hydrogens is 441 g/mol. The number of thiazole rings is 1. The second-order valence-corrected chi connectivity index (χ2v) is 7.78. The van der Waals surface area contributed by atoms with Gasteiger partial charge in [0.1, 0.15) is 5.01 Å². The zero-order valence-corrected chi connectivity index (χ0v) is 17.3. The zero-order chi connectivity index (χ0) is 14.8. The van der Waals surface area contributed by atoms with Crippen LogP contribution in [0.1, 0.15) is 12.6 Å². The minimum atomic E-state index is 0. The molecule has 4 nitrogen and oxygen atoms in total. The molecule has 3 rings (SSSR count). The molecule has 1 N–H and O–H groups in total. The van der Waals surface area contributed by atoms with Gasteiger partial charge < -0.3 is 10.2 Å². The van der Waals surface area contributed by atoms with E-state index < -0.39 is 0 Å². The third kappa shape index (κ3) is 5.14. The second kappa shape index (κ2) is 9.34. The van der Waals surface area contributed by atoms with Crippen molar-refractivity contribution in [3.05, 3.63) is 27.0 Å². The number of rotatable bonds is 3. The van der Waals surface area contributed by atoms with Crippen LogP contribution in [-0.4, -0.2) is 41.5 Å². The highest BCUT2D eigenvalue weighted by Gasteiger charge is 2.23. The average molecular weight is 459 g/mol. The summed E-state index contributed by atoms with van der Waals surface area (Å²) in [6.45, 7) is 4.62. The summed E-state index contributed by atoms with van der Waals surface area (Å²) in [6, 6.07) is 2.32. The molecule has 0 unspecified atom stereocenters. The number of carbonyl (C=O) groups excluding carboxylic acids is 1. The molecule has 2 aromatic rings. The van der Waals surface area contributed by atoms with E-state index >= 15 is 0 Å². The lowest BCUT2D eigenvalue weighted by Gasteiger charge is -2.33. The van der Waals surface area contributed by atoms with Crippen LogP contribution in [-0.2, 0) is 11.2 Å². The largest absolute Gasteiger partial charge is 0.337 e. The summed E-state index contributed by atoms with van der Waals surface area (Å²) < 4.78 is 1.07. The Labute approximate surface area is 164 Å². The molecular formula is C14H18BrCl2N3OS2. The van der Waals surface area contributed by atoms with Crippen molar-refractivity contribution >= 4 is 69.3 Å². The normalized spacial score (nSPS) is 17.3. The van der Waals surface area contributed by atoms with E-state index in [4.69, 9.17) is 0 Å². The van der Waals surface area contributed by atoms with E-state index in [0.717, 1.165) is 39.7 Å². The maximum atomic E-state index is 12.4. The van der Waals surface area contributed by atoms with E-state index in [1.165, 1.54) is 0 Å². The number of hydrogen-bond acceptors (Lipinski definition) is 5. The number of amides is 1. The van der Waals surface area contributed by atoms with Crippen LogP contribution in [0.2, 0.25) is 0 Å². The fourth-order valence-electron chi connectivity index (χ4n) is 2.39. The van der Waals surface area contributed by atoms with Crippen molar-refractivity contribution in [1.82, 2.24) is 15.2 Å². The highest BCUT2D eigenvalue weighted by molar-refractivity contribution is 9.10. The van der Waals surface area contributed by atoms with Gasteiger partial charge in [0.25, 0.3) is 0 Å². The zero-order valence-electron chi connectivity index (χ0n) is 12.5. The van der Waals surface area contributed by atoms with Gasteiger partial charge in [-0.05, 0) is 28.9 Å². The molecule has 1 amide bonds. The third-order valence-corrected chi connectivity index (χ3v) is 6.24. The van der Waals surface area contributed by atoms with Crippen molar-refractivity contribution in [2.45, 2.75) is 19.4 Å². The van der Waals surface area contributed by atoms with Crippen molar-refractivity contribution in [2.24, 2.45) is 0 Å². The molecule has 0 spiro atoms. The Kier molecular flexibility index (Phi) is 8.47. The fraction of sp³-hybridized carbons (Fsp3) is 0.429. The number of halogens is 3. The summed E-state index contributed by atoms with van der Waals surface area (Å²) in [6.07, 6.45) is 0.396. The molecule has 9 heteroatoms. The minimum Gasteiger partial charge on any atom is -0.337 e. The molecule has 1 saturated heterocycles. The number of piperazine rings is 1. The van der Waals surface area contributed by atoms with Gasteiger partial charge in [-0.3, -0.25) is 4.79 Å². The first-order chi connectivity index (χ1) is 10.1. The highest BCUT2D eigenvalue weighted by atomic mass is 79.9. The van der Waals surface area contributed by atoms with Gasteiger partial charge >= 0.3 is 0 Å². The van der Waals surface area contributed by atoms with Gasteiger partial charge in [0.05, 0.1) is 17.0 Å². The molecule has 0 radical (unpaired) electrons. The van der Waals surface area contributed by atoms with Crippen LogP contribution in [0.25, 0.3) is 9.88 Å². The summed E-state index contributed by atoms with van der Waals surface area (Å²) >= 11 is 6.72. The highest BCUT2D eigenvalue weighted by Crippen LogP contribution is 2.32. The van der Waals surface area contributed by atoms with Crippen molar-refractivity contribution in [3.63, 3.8) is 0 Å². The Morgan fingerprint density at radius 3 is 2.87 bits per heavy atom. The number of aromatic nitrogens is 1. The van der Waals surface area contributed by atoms with Gasteiger partial charge in [-0.25, -0.2) is 4.98 Å². The Hall–Kier alpha value is -0.180. The molecule has 1 aliphatic rings. The maximum absolute atomic E-state index is 12.4. The van der Waals surface area contributed by atoms with Crippen LogP contribution in [0, 0.1) is 0 Å². The molecule has 3 heterocycles. The molecule has 0 saturated carbocycles. The average Bonchev–Trinajstić information content (AvgIpc) is 3.08. The lowest BCUT2D eigenvalue weighted by atomic mass is 10.2. The summed E-state index contributed by atoms with van der Waals surface area (Å²) in [5, 5.41) is 8.33. The van der Waals surface area contributed by atoms with Crippen LogP contribution in [0.3, 0.4) is 0 Å². The van der Waals surface area contributed by atoms with Gasteiger partial charge in [-0.15, -0.1) is 47.5 Å². The first kappa shape index (κ1) is 20.9. The van der Waals surface area contributed by atoms with Gasteiger partial charge in [-0.1, -0.05) is 0 Å². The van der Waals surface area contributed by atoms with Crippen LogP contribution in [0.5, 0.6) is 0 Å². The molecule has 23 heavy (non-hydrogen) atoms. The quantitative estimate of drug-likeness (QED) is 0.759. The summed E-state index contributed by atoms with van der Waals surface area (Å²) in [4.78, 5) is 20.1.